The van der Waals surface area contributed by atoms with Crippen LogP contribution in [0, 0.1) is 6.92 Å². The number of thiophene rings is 1. The van der Waals surface area contributed by atoms with Crippen LogP contribution in [-0.2, 0) is 0 Å². The van der Waals surface area contributed by atoms with E-state index in [1.807, 2.05) is 30.8 Å². The van der Waals surface area contributed by atoms with Crippen LogP contribution in [0.15, 0.2) is 12.1 Å². The van der Waals surface area contributed by atoms with E-state index in [0.29, 0.717) is 5.78 Å². The molecule has 2 rings (SSSR count). The van der Waals surface area contributed by atoms with Crippen LogP contribution in [0.1, 0.15) is 34.3 Å². The fraction of sp³-hybridized carbons (Fsp3) is 0.545. The van der Waals surface area contributed by atoms with Gasteiger partial charge in [0.2, 0.25) is 0 Å². The molecule has 1 unspecified atom stereocenters. The molecule has 1 saturated heterocycles. The number of hydrogen-bond donors (Lipinski definition) is 0. The molecule has 1 aromatic heterocycles. The van der Waals surface area contributed by atoms with Crippen molar-refractivity contribution < 1.29 is 4.79 Å². The van der Waals surface area contributed by atoms with Gasteiger partial charge < -0.3 is 0 Å². The zero-order valence-corrected chi connectivity index (χ0v) is 10.1. The molecule has 1 aliphatic heterocycles. The first-order chi connectivity index (χ1) is 6.62. The molecule has 1 nitrogen and oxygen atoms in total. The Kier molecular flexibility index (Phi) is 2.71. The van der Waals surface area contributed by atoms with E-state index in [2.05, 4.69) is 6.92 Å². The van der Waals surface area contributed by atoms with E-state index < -0.39 is 0 Å². The van der Waals surface area contributed by atoms with Gasteiger partial charge in [0.15, 0.2) is 5.78 Å². The summed E-state index contributed by atoms with van der Waals surface area (Å²) in [6, 6.07) is 3.99. The molecule has 76 valence electrons. The topological polar surface area (TPSA) is 17.1 Å². The number of carbonyl (C=O) groups is 1. The van der Waals surface area contributed by atoms with Crippen molar-refractivity contribution in [3.8, 4) is 0 Å². The Hall–Kier alpha value is -0.280. The van der Waals surface area contributed by atoms with Crippen molar-refractivity contribution in [2.24, 2.45) is 0 Å². The summed E-state index contributed by atoms with van der Waals surface area (Å²) in [5.74, 6) is 1.46. The Morgan fingerprint density at radius 3 is 2.79 bits per heavy atom. The second-order valence-electron chi connectivity index (χ2n) is 3.92. The maximum Gasteiger partial charge on any atom is 0.188 e. The fourth-order valence-electron chi connectivity index (χ4n) is 1.78. The molecular formula is C11H14OS2. The quantitative estimate of drug-likeness (QED) is 0.718. The van der Waals surface area contributed by atoms with Crippen LogP contribution in [0.3, 0.4) is 0 Å². The second kappa shape index (κ2) is 3.70. The van der Waals surface area contributed by atoms with E-state index in [9.17, 15) is 4.79 Å². The van der Waals surface area contributed by atoms with Crippen molar-refractivity contribution in [3.05, 3.63) is 21.9 Å². The van der Waals surface area contributed by atoms with Crippen LogP contribution in [0.2, 0.25) is 0 Å². The van der Waals surface area contributed by atoms with E-state index in [1.165, 1.54) is 11.3 Å². The summed E-state index contributed by atoms with van der Waals surface area (Å²) < 4.78 is -0.142. The van der Waals surface area contributed by atoms with Crippen LogP contribution < -0.4 is 0 Å². The van der Waals surface area contributed by atoms with Crippen molar-refractivity contribution in [1.82, 2.24) is 0 Å². The summed E-state index contributed by atoms with van der Waals surface area (Å²) in [5.41, 5.74) is 0. The average molecular weight is 226 g/mol. The SMILES string of the molecule is Cc1ccc(C(=O)C2(C)CCCS2)s1. The molecule has 0 radical (unpaired) electrons. The van der Waals surface area contributed by atoms with Gasteiger partial charge in [0.25, 0.3) is 0 Å². The van der Waals surface area contributed by atoms with E-state index in [1.54, 1.807) is 11.3 Å². The molecule has 1 atom stereocenters. The third-order valence-electron chi connectivity index (χ3n) is 2.66. The van der Waals surface area contributed by atoms with E-state index >= 15 is 0 Å². The van der Waals surface area contributed by atoms with Crippen molar-refractivity contribution in [1.29, 1.82) is 0 Å². The molecule has 0 aliphatic carbocycles. The summed E-state index contributed by atoms with van der Waals surface area (Å²) in [6.07, 6.45) is 2.21. The molecule has 1 aromatic rings. The van der Waals surface area contributed by atoms with Gasteiger partial charge in [-0.05, 0) is 44.6 Å². The number of hydrogen-bond acceptors (Lipinski definition) is 3. The number of carbonyl (C=O) groups excluding carboxylic acids is 1. The highest BCUT2D eigenvalue weighted by Crippen LogP contribution is 2.41. The first-order valence-corrected chi connectivity index (χ1v) is 6.67. The lowest BCUT2D eigenvalue weighted by Gasteiger charge is -2.19. The van der Waals surface area contributed by atoms with Crippen molar-refractivity contribution in [3.63, 3.8) is 0 Å². The minimum Gasteiger partial charge on any atom is -0.292 e. The van der Waals surface area contributed by atoms with E-state index in [-0.39, 0.29) is 4.75 Å². The number of Topliss-reactive ketones (excluding diaryl/α,β-unsaturated/α-hetero) is 1. The molecule has 0 saturated carbocycles. The highest BCUT2D eigenvalue weighted by Gasteiger charge is 2.38. The molecule has 0 spiro atoms. The standard InChI is InChI=1S/C11H14OS2/c1-8-4-5-9(14-8)10(12)11(2)6-3-7-13-11/h4-5H,3,6-7H2,1-2H3. The first kappa shape index (κ1) is 10.2. The number of aryl methyl sites for hydroxylation is 1. The maximum atomic E-state index is 12.2. The van der Waals surface area contributed by atoms with Crippen LogP contribution in [0.25, 0.3) is 0 Å². The lowest BCUT2D eigenvalue weighted by atomic mass is 9.99. The normalized spacial score (nSPS) is 26.7. The van der Waals surface area contributed by atoms with Crippen molar-refractivity contribution >= 4 is 28.9 Å². The van der Waals surface area contributed by atoms with Gasteiger partial charge in [-0.15, -0.1) is 23.1 Å². The van der Waals surface area contributed by atoms with Crippen molar-refractivity contribution in [2.75, 3.05) is 5.75 Å². The molecular weight excluding hydrogens is 212 g/mol. The molecule has 0 bridgehead atoms. The predicted octanol–water partition coefficient (Wildman–Crippen LogP) is 3.52. The lowest BCUT2D eigenvalue weighted by Crippen LogP contribution is -2.27. The molecule has 3 heteroatoms. The summed E-state index contributed by atoms with van der Waals surface area (Å²) in [5, 5.41) is 0. The molecule has 0 amide bonds. The van der Waals surface area contributed by atoms with E-state index in [0.717, 1.165) is 17.1 Å². The Morgan fingerprint density at radius 1 is 1.50 bits per heavy atom. The van der Waals surface area contributed by atoms with Crippen LogP contribution in [0.5, 0.6) is 0 Å². The molecule has 1 fully saturated rings. The van der Waals surface area contributed by atoms with Gasteiger partial charge in [-0.25, -0.2) is 0 Å². The Bertz CT molecular complexity index is 348. The zero-order chi connectivity index (χ0) is 10.2. The van der Waals surface area contributed by atoms with Gasteiger partial charge in [0.05, 0.1) is 9.62 Å². The smallest absolute Gasteiger partial charge is 0.188 e. The fourth-order valence-corrected chi connectivity index (χ4v) is 4.05. The van der Waals surface area contributed by atoms with Crippen molar-refractivity contribution in [2.45, 2.75) is 31.4 Å². The number of ketones is 1. The highest BCUT2D eigenvalue weighted by atomic mass is 32.2. The summed E-state index contributed by atoms with van der Waals surface area (Å²) in [6.45, 7) is 4.13. The summed E-state index contributed by atoms with van der Waals surface area (Å²) in [7, 11) is 0. The maximum absolute atomic E-state index is 12.2. The Morgan fingerprint density at radius 2 is 2.29 bits per heavy atom. The monoisotopic (exact) mass is 226 g/mol. The zero-order valence-electron chi connectivity index (χ0n) is 8.50. The minimum absolute atomic E-state index is 0.142. The average Bonchev–Trinajstić information content (AvgIpc) is 2.74. The molecule has 1 aliphatic rings. The third-order valence-corrected chi connectivity index (χ3v) is 5.18. The highest BCUT2D eigenvalue weighted by molar-refractivity contribution is 8.01. The van der Waals surface area contributed by atoms with Gasteiger partial charge in [-0.3, -0.25) is 4.79 Å². The molecule has 0 aromatic carbocycles. The van der Waals surface area contributed by atoms with E-state index in [4.69, 9.17) is 0 Å². The van der Waals surface area contributed by atoms with Gasteiger partial charge in [-0.2, -0.15) is 0 Å². The van der Waals surface area contributed by atoms with Crippen LogP contribution in [-0.4, -0.2) is 16.3 Å². The second-order valence-corrected chi connectivity index (χ2v) is 6.81. The summed E-state index contributed by atoms with van der Waals surface area (Å²) >= 11 is 3.43. The van der Waals surface area contributed by atoms with Gasteiger partial charge in [0, 0.05) is 4.88 Å². The Labute approximate surface area is 92.9 Å². The largest absolute Gasteiger partial charge is 0.292 e. The van der Waals surface area contributed by atoms with Gasteiger partial charge in [0.1, 0.15) is 0 Å². The van der Waals surface area contributed by atoms with Gasteiger partial charge >= 0.3 is 0 Å². The molecule has 14 heavy (non-hydrogen) atoms. The Balaban J connectivity index is 2.23. The van der Waals surface area contributed by atoms with Crippen LogP contribution >= 0.6 is 23.1 Å². The predicted molar refractivity (Wildman–Crippen MR) is 63.5 cm³/mol. The molecule has 2 heterocycles. The summed E-state index contributed by atoms with van der Waals surface area (Å²) in [4.78, 5) is 14.3. The first-order valence-electron chi connectivity index (χ1n) is 4.87. The van der Waals surface area contributed by atoms with Gasteiger partial charge in [-0.1, -0.05) is 0 Å². The third kappa shape index (κ3) is 1.75. The minimum atomic E-state index is -0.142. The number of rotatable bonds is 2. The molecule has 0 N–H and O–H groups in total. The number of thioether (sulfide) groups is 1. The lowest BCUT2D eigenvalue weighted by molar-refractivity contribution is 0.0953. The van der Waals surface area contributed by atoms with Crippen LogP contribution in [0.4, 0.5) is 0 Å².